The number of hydrogen-bond acceptors (Lipinski definition) is 0. The van der Waals surface area contributed by atoms with Gasteiger partial charge in [-0.2, -0.15) is 0 Å². The highest BCUT2D eigenvalue weighted by Crippen LogP contribution is 2.17. The van der Waals surface area contributed by atoms with Gasteiger partial charge in [0.25, 0.3) is 0 Å². The molecule has 0 aromatic heterocycles. The van der Waals surface area contributed by atoms with Gasteiger partial charge in [-0.25, -0.2) is 0 Å². The van der Waals surface area contributed by atoms with Crippen LogP contribution in [0.4, 0.5) is 0 Å². The Morgan fingerprint density at radius 2 is 1.54 bits per heavy atom. The van der Waals surface area contributed by atoms with Crippen molar-refractivity contribution in [3.63, 3.8) is 0 Å². The van der Waals surface area contributed by atoms with Crippen LogP contribution in [-0.2, 0) is 0 Å². The van der Waals surface area contributed by atoms with Crippen LogP contribution in [0.3, 0.4) is 0 Å². The van der Waals surface area contributed by atoms with Gasteiger partial charge in [-0.1, -0.05) is 24.8 Å². The molecule has 0 saturated heterocycles. The molecule has 0 N–H and O–H groups in total. The molecular weight excluding hydrogens is 156 g/mol. The first kappa shape index (κ1) is 11.7. The minimum atomic E-state index is 1.24. The topological polar surface area (TPSA) is 0 Å². The average Bonchev–Trinajstić information content (AvgIpc) is 2.18. The van der Waals surface area contributed by atoms with Gasteiger partial charge in [-0.15, -0.1) is 13.2 Å². The van der Waals surface area contributed by atoms with Gasteiger partial charge in [0, 0.05) is 0 Å². The first-order valence-electron chi connectivity index (χ1n) is 4.36. The SMILES string of the molecule is C=C.C=Cc1ccc(C)c(C)c1C. The Labute approximate surface area is 81.6 Å². The van der Waals surface area contributed by atoms with Crippen molar-refractivity contribution in [2.75, 3.05) is 0 Å². The van der Waals surface area contributed by atoms with E-state index < -0.39 is 0 Å². The lowest BCUT2D eigenvalue weighted by Gasteiger charge is -2.06. The quantitative estimate of drug-likeness (QED) is 0.563. The highest BCUT2D eigenvalue weighted by atomic mass is 14.0. The monoisotopic (exact) mass is 174 g/mol. The molecule has 0 fully saturated rings. The van der Waals surface area contributed by atoms with Gasteiger partial charge in [-0.05, 0) is 43.0 Å². The molecule has 0 aliphatic rings. The summed E-state index contributed by atoms with van der Waals surface area (Å²) in [4.78, 5) is 0. The van der Waals surface area contributed by atoms with Crippen LogP contribution in [0.25, 0.3) is 6.08 Å². The van der Waals surface area contributed by atoms with Crippen LogP contribution in [0.1, 0.15) is 22.3 Å². The highest BCUT2D eigenvalue weighted by molar-refractivity contribution is 5.55. The molecule has 13 heavy (non-hydrogen) atoms. The van der Waals surface area contributed by atoms with Crippen LogP contribution >= 0.6 is 0 Å². The van der Waals surface area contributed by atoms with E-state index in [4.69, 9.17) is 0 Å². The van der Waals surface area contributed by atoms with Crippen molar-refractivity contribution in [3.05, 3.63) is 54.1 Å². The predicted molar refractivity (Wildman–Crippen MR) is 62.0 cm³/mol. The lowest BCUT2D eigenvalue weighted by Crippen LogP contribution is -1.88. The van der Waals surface area contributed by atoms with E-state index in [2.05, 4.69) is 52.6 Å². The molecule has 0 unspecified atom stereocenters. The molecule has 1 aromatic carbocycles. The molecule has 0 nitrogen and oxygen atoms in total. The number of aryl methyl sites for hydroxylation is 1. The van der Waals surface area contributed by atoms with E-state index in [9.17, 15) is 0 Å². The van der Waals surface area contributed by atoms with Gasteiger partial charge < -0.3 is 0 Å². The fourth-order valence-corrected chi connectivity index (χ4v) is 1.20. The van der Waals surface area contributed by atoms with Gasteiger partial charge in [-0.3, -0.25) is 0 Å². The summed E-state index contributed by atoms with van der Waals surface area (Å²) in [7, 11) is 0. The minimum Gasteiger partial charge on any atom is -0.106 e. The molecule has 0 bridgehead atoms. The number of benzene rings is 1. The van der Waals surface area contributed by atoms with Crippen molar-refractivity contribution in [1.29, 1.82) is 0 Å². The van der Waals surface area contributed by atoms with Crippen LogP contribution in [0.2, 0.25) is 0 Å². The molecule has 0 amide bonds. The molecule has 0 radical (unpaired) electrons. The second-order valence-electron chi connectivity index (χ2n) is 2.93. The van der Waals surface area contributed by atoms with E-state index in [-0.39, 0.29) is 0 Å². The zero-order valence-corrected chi connectivity index (χ0v) is 8.85. The van der Waals surface area contributed by atoms with E-state index in [1.54, 1.807) is 0 Å². The molecule has 0 heteroatoms. The summed E-state index contributed by atoms with van der Waals surface area (Å²) >= 11 is 0. The normalized spacial score (nSPS) is 8.54. The van der Waals surface area contributed by atoms with Crippen molar-refractivity contribution < 1.29 is 0 Å². The predicted octanol–water partition coefficient (Wildman–Crippen LogP) is 4.06. The van der Waals surface area contributed by atoms with E-state index >= 15 is 0 Å². The molecule has 0 saturated carbocycles. The molecule has 0 heterocycles. The fourth-order valence-electron chi connectivity index (χ4n) is 1.20. The summed E-state index contributed by atoms with van der Waals surface area (Å²) in [5.74, 6) is 0. The Balaban J connectivity index is 0.000000671. The zero-order valence-electron chi connectivity index (χ0n) is 8.85. The smallest absolute Gasteiger partial charge is 0.0230 e. The van der Waals surface area contributed by atoms with E-state index in [0.717, 1.165) is 0 Å². The van der Waals surface area contributed by atoms with Crippen LogP contribution in [0, 0.1) is 20.8 Å². The molecule has 0 spiro atoms. The molecule has 1 rings (SSSR count). The molecule has 70 valence electrons. The van der Waals surface area contributed by atoms with Crippen LogP contribution in [0.5, 0.6) is 0 Å². The molecule has 0 aliphatic heterocycles. The van der Waals surface area contributed by atoms with Gasteiger partial charge >= 0.3 is 0 Å². The third kappa shape index (κ3) is 2.59. The highest BCUT2D eigenvalue weighted by Gasteiger charge is 1.98. The van der Waals surface area contributed by atoms with E-state index in [1.165, 1.54) is 22.3 Å². The van der Waals surface area contributed by atoms with Crippen LogP contribution < -0.4 is 0 Å². The van der Waals surface area contributed by atoms with Crippen molar-refractivity contribution >= 4 is 6.08 Å². The lowest BCUT2D eigenvalue weighted by molar-refractivity contribution is 1.26. The number of rotatable bonds is 1. The summed E-state index contributed by atoms with van der Waals surface area (Å²) in [5, 5.41) is 0. The van der Waals surface area contributed by atoms with E-state index in [0.29, 0.717) is 0 Å². The zero-order chi connectivity index (χ0) is 10.4. The van der Waals surface area contributed by atoms with Gasteiger partial charge in [0.15, 0.2) is 0 Å². The van der Waals surface area contributed by atoms with Crippen molar-refractivity contribution in [2.45, 2.75) is 20.8 Å². The number of hydrogen-bond donors (Lipinski definition) is 0. The Hall–Kier alpha value is -1.30. The molecule has 0 atom stereocenters. The first-order chi connectivity index (χ1) is 6.16. The Morgan fingerprint density at radius 3 is 2.00 bits per heavy atom. The minimum absolute atomic E-state index is 1.24. The van der Waals surface area contributed by atoms with Crippen LogP contribution in [-0.4, -0.2) is 0 Å². The second kappa shape index (κ2) is 5.36. The Morgan fingerprint density at radius 1 is 1.00 bits per heavy atom. The molecule has 0 aliphatic carbocycles. The standard InChI is InChI=1S/C11H14.C2H4/c1-5-11-7-6-8(2)9(3)10(11)4;1-2/h5-7H,1H2,2-4H3;1-2H2. The Kier molecular flexibility index (Phi) is 4.83. The van der Waals surface area contributed by atoms with Crippen molar-refractivity contribution in [2.24, 2.45) is 0 Å². The lowest BCUT2D eigenvalue weighted by atomic mass is 9.99. The summed E-state index contributed by atoms with van der Waals surface area (Å²) in [6, 6.07) is 4.25. The third-order valence-electron chi connectivity index (χ3n) is 2.32. The first-order valence-corrected chi connectivity index (χ1v) is 4.36. The van der Waals surface area contributed by atoms with Crippen LogP contribution in [0.15, 0.2) is 31.9 Å². The van der Waals surface area contributed by atoms with Crippen molar-refractivity contribution in [3.8, 4) is 0 Å². The third-order valence-corrected chi connectivity index (χ3v) is 2.32. The molecule has 1 aromatic rings. The summed E-state index contributed by atoms with van der Waals surface area (Å²) in [5.41, 5.74) is 5.32. The maximum Gasteiger partial charge on any atom is -0.0230 e. The average molecular weight is 174 g/mol. The summed E-state index contributed by atoms with van der Waals surface area (Å²) in [6.45, 7) is 16.2. The van der Waals surface area contributed by atoms with Gasteiger partial charge in [0.2, 0.25) is 0 Å². The van der Waals surface area contributed by atoms with E-state index in [1.807, 2.05) is 6.08 Å². The maximum absolute atomic E-state index is 3.76. The summed E-state index contributed by atoms with van der Waals surface area (Å²) in [6.07, 6.45) is 1.90. The van der Waals surface area contributed by atoms with Crippen molar-refractivity contribution in [1.82, 2.24) is 0 Å². The van der Waals surface area contributed by atoms with Gasteiger partial charge in [0.1, 0.15) is 0 Å². The molecular formula is C13H18. The largest absolute Gasteiger partial charge is 0.106 e. The fraction of sp³-hybridized carbons (Fsp3) is 0.231. The maximum atomic E-state index is 3.76. The Bertz CT molecular complexity index is 295. The summed E-state index contributed by atoms with van der Waals surface area (Å²) < 4.78 is 0. The van der Waals surface area contributed by atoms with Gasteiger partial charge in [0.05, 0.1) is 0 Å². The second-order valence-corrected chi connectivity index (χ2v) is 2.93.